The van der Waals surface area contributed by atoms with Crippen molar-refractivity contribution < 1.29 is 0 Å². The number of benzene rings is 6. The van der Waals surface area contributed by atoms with Gasteiger partial charge >= 0.3 is 0 Å². The molecule has 0 bridgehead atoms. The molecule has 0 fully saturated rings. The Kier molecular flexibility index (Phi) is 7.03. The van der Waals surface area contributed by atoms with Gasteiger partial charge in [0.2, 0.25) is 0 Å². The summed E-state index contributed by atoms with van der Waals surface area (Å²) in [6.07, 6.45) is 7.30. The normalized spacial score (nSPS) is 17.6. The summed E-state index contributed by atoms with van der Waals surface area (Å²) in [4.78, 5) is 2.42. The number of rotatable bonds is 6. The molecule has 6 aromatic rings. The third-order valence-electron chi connectivity index (χ3n) is 10.00. The van der Waals surface area contributed by atoms with Crippen LogP contribution in [0, 0.1) is 5.92 Å². The van der Waals surface area contributed by atoms with Crippen molar-refractivity contribution in [1.29, 1.82) is 0 Å². The summed E-state index contributed by atoms with van der Waals surface area (Å²) in [5.74, 6) is 0.780. The van der Waals surface area contributed by atoms with Crippen molar-refractivity contribution in [2.24, 2.45) is 5.92 Å². The largest absolute Gasteiger partial charge is 0.311 e. The molecular formula is C45H37N. The molecule has 222 valence electrons. The second-order valence-corrected chi connectivity index (χ2v) is 13.0. The van der Waals surface area contributed by atoms with Gasteiger partial charge in [0, 0.05) is 23.0 Å². The number of anilines is 2. The highest BCUT2D eigenvalue weighted by Gasteiger charge is 2.45. The zero-order valence-electron chi connectivity index (χ0n) is 26.3. The molecule has 8 rings (SSSR count). The average Bonchev–Trinajstić information content (AvgIpc) is 3.35. The molecule has 0 amide bonds. The van der Waals surface area contributed by atoms with Crippen LogP contribution in [0.2, 0.25) is 0 Å². The summed E-state index contributed by atoms with van der Waals surface area (Å²) in [6, 6.07) is 57.1. The summed E-state index contributed by atoms with van der Waals surface area (Å²) >= 11 is 0. The molecule has 0 saturated carbocycles. The Hall–Kier alpha value is -5.40. The van der Waals surface area contributed by atoms with Gasteiger partial charge in [-0.1, -0.05) is 159 Å². The minimum atomic E-state index is 0.0930. The smallest absolute Gasteiger partial charge is 0.0461 e. The van der Waals surface area contributed by atoms with E-state index in [2.05, 4.69) is 195 Å². The fraction of sp³-hybridized carbons (Fsp3) is 0.111. The second kappa shape index (κ2) is 11.5. The van der Waals surface area contributed by atoms with Crippen LogP contribution in [-0.2, 0) is 5.41 Å². The van der Waals surface area contributed by atoms with Crippen molar-refractivity contribution in [1.82, 2.24) is 0 Å². The maximum atomic E-state index is 2.50. The topological polar surface area (TPSA) is 3.24 Å². The van der Waals surface area contributed by atoms with Crippen LogP contribution in [-0.4, -0.2) is 0 Å². The highest BCUT2D eigenvalue weighted by Crippen LogP contribution is 2.54. The number of allylic oxidation sites excluding steroid dienone is 3. The summed E-state index contributed by atoms with van der Waals surface area (Å²) in [6.45, 7) is 4.79. The van der Waals surface area contributed by atoms with Crippen LogP contribution in [0.5, 0.6) is 0 Å². The molecule has 0 aliphatic heterocycles. The maximum absolute atomic E-state index is 2.50. The molecule has 46 heavy (non-hydrogen) atoms. The Morgan fingerprint density at radius 1 is 0.478 bits per heavy atom. The molecule has 2 atom stereocenters. The van der Waals surface area contributed by atoms with E-state index in [0.29, 0.717) is 11.8 Å². The molecule has 0 saturated heterocycles. The standard InChI is InChI=1S/C45H37N/c1-45(2)43-20-12-11-19-41(43)42-31-38(29-30-44(42)45)46(36-25-21-33(22-26-36)32-13-5-3-6-14-32)37-27-23-35(24-28-37)40-18-10-9-17-39(40)34-15-7-4-8-16-34/h3-31,42,44H,1-2H3. The first-order chi connectivity index (χ1) is 22.6. The predicted molar refractivity (Wildman–Crippen MR) is 194 cm³/mol. The third kappa shape index (κ3) is 4.89. The van der Waals surface area contributed by atoms with Crippen molar-refractivity contribution in [3.63, 3.8) is 0 Å². The molecule has 2 aliphatic rings. The molecule has 0 spiro atoms. The minimum Gasteiger partial charge on any atom is -0.311 e. The second-order valence-electron chi connectivity index (χ2n) is 13.0. The highest BCUT2D eigenvalue weighted by molar-refractivity contribution is 5.84. The fourth-order valence-corrected chi connectivity index (χ4v) is 7.62. The van der Waals surface area contributed by atoms with E-state index < -0.39 is 0 Å². The quantitative estimate of drug-likeness (QED) is 0.186. The predicted octanol–water partition coefficient (Wildman–Crippen LogP) is 12.0. The van der Waals surface area contributed by atoms with Gasteiger partial charge in [-0.3, -0.25) is 0 Å². The zero-order valence-corrected chi connectivity index (χ0v) is 26.3. The molecule has 2 unspecified atom stereocenters. The minimum absolute atomic E-state index is 0.0930. The lowest BCUT2D eigenvalue weighted by atomic mass is 9.74. The summed E-state index contributed by atoms with van der Waals surface area (Å²) in [5.41, 5.74) is 13.9. The van der Waals surface area contributed by atoms with Crippen LogP contribution in [0.25, 0.3) is 33.4 Å². The van der Waals surface area contributed by atoms with E-state index in [1.807, 2.05) is 0 Å². The first-order valence-corrected chi connectivity index (χ1v) is 16.3. The van der Waals surface area contributed by atoms with Crippen LogP contribution in [0.15, 0.2) is 182 Å². The molecule has 6 aromatic carbocycles. The van der Waals surface area contributed by atoms with E-state index >= 15 is 0 Å². The lowest BCUT2D eigenvalue weighted by molar-refractivity contribution is 0.393. The van der Waals surface area contributed by atoms with Gasteiger partial charge < -0.3 is 4.90 Å². The van der Waals surface area contributed by atoms with E-state index in [1.165, 1.54) is 50.2 Å². The van der Waals surface area contributed by atoms with Crippen LogP contribution >= 0.6 is 0 Å². The molecule has 2 aliphatic carbocycles. The van der Waals surface area contributed by atoms with Gasteiger partial charge in [-0.05, 0) is 86.2 Å². The van der Waals surface area contributed by atoms with E-state index in [1.54, 1.807) is 0 Å². The number of fused-ring (bicyclic) bond motifs is 3. The number of hydrogen-bond acceptors (Lipinski definition) is 1. The van der Waals surface area contributed by atoms with Crippen LogP contribution in [0.1, 0.15) is 30.9 Å². The van der Waals surface area contributed by atoms with Crippen molar-refractivity contribution >= 4 is 11.4 Å². The SMILES string of the molecule is CC1(C)c2ccccc2C2C=C(N(c3ccc(-c4ccccc4)cc3)c3ccc(-c4ccccc4-c4ccccc4)cc3)C=CC21. The molecule has 0 aromatic heterocycles. The van der Waals surface area contributed by atoms with Crippen molar-refractivity contribution in [3.8, 4) is 33.4 Å². The monoisotopic (exact) mass is 591 g/mol. The Bertz CT molecular complexity index is 2050. The van der Waals surface area contributed by atoms with Gasteiger partial charge in [0.25, 0.3) is 0 Å². The van der Waals surface area contributed by atoms with Crippen LogP contribution < -0.4 is 4.90 Å². The number of hydrogen-bond donors (Lipinski definition) is 0. The maximum Gasteiger partial charge on any atom is 0.0461 e. The van der Waals surface area contributed by atoms with E-state index in [0.717, 1.165) is 11.4 Å². The Morgan fingerprint density at radius 2 is 0.957 bits per heavy atom. The van der Waals surface area contributed by atoms with Crippen molar-refractivity contribution in [2.75, 3.05) is 4.90 Å². The molecular weight excluding hydrogens is 555 g/mol. The van der Waals surface area contributed by atoms with E-state index in [9.17, 15) is 0 Å². The van der Waals surface area contributed by atoms with Gasteiger partial charge in [0.1, 0.15) is 0 Å². The fourth-order valence-electron chi connectivity index (χ4n) is 7.62. The van der Waals surface area contributed by atoms with Gasteiger partial charge in [-0.25, -0.2) is 0 Å². The highest BCUT2D eigenvalue weighted by atomic mass is 15.1. The van der Waals surface area contributed by atoms with Gasteiger partial charge in [0.05, 0.1) is 0 Å². The first-order valence-electron chi connectivity index (χ1n) is 16.3. The van der Waals surface area contributed by atoms with Gasteiger partial charge in [-0.15, -0.1) is 0 Å². The molecule has 1 nitrogen and oxygen atoms in total. The van der Waals surface area contributed by atoms with Crippen LogP contribution in [0.3, 0.4) is 0 Å². The van der Waals surface area contributed by atoms with E-state index in [-0.39, 0.29) is 5.41 Å². The Labute approximate surface area is 272 Å². The summed E-state index contributed by atoms with van der Waals surface area (Å²) in [5, 5.41) is 0. The zero-order chi connectivity index (χ0) is 31.1. The first kappa shape index (κ1) is 28.1. The Balaban J connectivity index is 1.21. The van der Waals surface area contributed by atoms with E-state index in [4.69, 9.17) is 0 Å². The lowest BCUT2D eigenvalue weighted by Crippen LogP contribution is -2.27. The van der Waals surface area contributed by atoms with Gasteiger partial charge in [0.15, 0.2) is 0 Å². The molecule has 0 N–H and O–H groups in total. The summed E-state index contributed by atoms with van der Waals surface area (Å²) in [7, 11) is 0. The third-order valence-corrected chi connectivity index (χ3v) is 10.00. The Morgan fingerprint density at radius 3 is 1.59 bits per heavy atom. The molecule has 1 heteroatoms. The number of nitrogens with zero attached hydrogens (tertiary/aromatic N) is 1. The lowest BCUT2D eigenvalue weighted by Gasteiger charge is -2.34. The molecule has 0 radical (unpaired) electrons. The average molecular weight is 592 g/mol. The van der Waals surface area contributed by atoms with Gasteiger partial charge in [-0.2, -0.15) is 0 Å². The molecule has 0 heterocycles. The van der Waals surface area contributed by atoms with Crippen LogP contribution in [0.4, 0.5) is 11.4 Å². The van der Waals surface area contributed by atoms with Crippen molar-refractivity contribution in [2.45, 2.75) is 25.2 Å². The summed E-state index contributed by atoms with van der Waals surface area (Å²) < 4.78 is 0. The van der Waals surface area contributed by atoms with Crippen molar-refractivity contribution in [3.05, 3.63) is 193 Å².